The summed E-state index contributed by atoms with van der Waals surface area (Å²) in [7, 11) is 3.86. The Morgan fingerprint density at radius 2 is 2.17 bits per heavy atom. The van der Waals surface area contributed by atoms with Crippen molar-refractivity contribution in [1.29, 1.82) is 0 Å². The van der Waals surface area contributed by atoms with E-state index in [9.17, 15) is 0 Å². The maximum Gasteiger partial charge on any atom is 0.0710 e. The van der Waals surface area contributed by atoms with E-state index in [2.05, 4.69) is 40.5 Å². The number of nitrogens with one attached hydrogen (secondary N) is 1. The Hall–Kier alpha value is -0.900. The van der Waals surface area contributed by atoms with Crippen LogP contribution in [-0.2, 0) is 4.74 Å². The summed E-state index contributed by atoms with van der Waals surface area (Å²) in [6.45, 7) is 3.39. The summed E-state index contributed by atoms with van der Waals surface area (Å²) in [5.41, 5.74) is 1.38. The Balaban J connectivity index is 1.81. The van der Waals surface area contributed by atoms with Gasteiger partial charge >= 0.3 is 0 Å². The molecule has 100 valence electrons. The fourth-order valence-corrected chi connectivity index (χ4v) is 2.67. The van der Waals surface area contributed by atoms with Crippen LogP contribution in [0.15, 0.2) is 30.3 Å². The minimum atomic E-state index is 0.440. The van der Waals surface area contributed by atoms with E-state index in [1.54, 1.807) is 0 Å². The van der Waals surface area contributed by atoms with E-state index in [1.807, 2.05) is 14.2 Å². The molecule has 0 amide bonds. The van der Waals surface area contributed by atoms with Crippen LogP contribution in [0.2, 0.25) is 0 Å². The molecular formula is C15H24N2O. The highest BCUT2D eigenvalue weighted by Crippen LogP contribution is 2.18. The number of benzene rings is 1. The molecule has 3 nitrogen and oxygen atoms in total. The molecule has 0 saturated carbocycles. The molecule has 0 spiro atoms. The number of methoxy groups -OCH3 is 1. The normalized spacial score (nSPS) is 22.2. The molecule has 0 aromatic heterocycles. The molecular weight excluding hydrogens is 224 g/mol. The van der Waals surface area contributed by atoms with E-state index in [0.29, 0.717) is 12.1 Å². The van der Waals surface area contributed by atoms with Gasteiger partial charge in [-0.1, -0.05) is 30.3 Å². The van der Waals surface area contributed by atoms with Crippen molar-refractivity contribution in [2.45, 2.75) is 25.0 Å². The third-order valence-corrected chi connectivity index (χ3v) is 3.85. The Bertz CT molecular complexity index is 342. The van der Waals surface area contributed by atoms with Gasteiger partial charge in [0.1, 0.15) is 0 Å². The molecule has 1 heterocycles. The quantitative estimate of drug-likeness (QED) is 0.834. The predicted octanol–water partition coefficient (Wildman–Crippen LogP) is 2.06. The fraction of sp³-hybridized carbons (Fsp3) is 0.600. The van der Waals surface area contributed by atoms with Gasteiger partial charge in [-0.05, 0) is 25.5 Å². The van der Waals surface area contributed by atoms with Gasteiger partial charge < -0.3 is 15.0 Å². The third kappa shape index (κ3) is 3.55. The molecule has 0 radical (unpaired) electrons. The smallest absolute Gasteiger partial charge is 0.0710 e. The zero-order valence-corrected chi connectivity index (χ0v) is 11.4. The van der Waals surface area contributed by atoms with Crippen LogP contribution in [0, 0.1) is 0 Å². The molecule has 0 aliphatic carbocycles. The van der Waals surface area contributed by atoms with Crippen LogP contribution in [-0.4, -0.2) is 44.8 Å². The van der Waals surface area contributed by atoms with Crippen LogP contribution in [0.25, 0.3) is 0 Å². The van der Waals surface area contributed by atoms with Crippen LogP contribution in [0.3, 0.4) is 0 Å². The van der Waals surface area contributed by atoms with Crippen LogP contribution >= 0.6 is 0 Å². The third-order valence-electron chi connectivity index (χ3n) is 3.85. The second kappa shape index (κ2) is 6.88. The summed E-state index contributed by atoms with van der Waals surface area (Å²) in [5.74, 6) is 0. The molecule has 3 heteroatoms. The monoisotopic (exact) mass is 248 g/mol. The van der Waals surface area contributed by atoms with Gasteiger partial charge in [-0.3, -0.25) is 0 Å². The number of likely N-dealkylation sites (tertiary alicyclic amines) is 1. The topological polar surface area (TPSA) is 24.5 Å². The fourth-order valence-electron chi connectivity index (χ4n) is 2.67. The van der Waals surface area contributed by atoms with E-state index in [4.69, 9.17) is 4.74 Å². The highest BCUT2D eigenvalue weighted by atomic mass is 16.5. The summed E-state index contributed by atoms with van der Waals surface area (Å²) < 4.78 is 5.40. The Kier molecular flexibility index (Phi) is 5.17. The Labute approximate surface area is 110 Å². The molecule has 1 fully saturated rings. The van der Waals surface area contributed by atoms with Gasteiger partial charge in [0.25, 0.3) is 0 Å². The van der Waals surface area contributed by atoms with Crippen molar-refractivity contribution in [3.8, 4) is 0 Å². The van der Waals surface area contributed by atoms with Gasteiger partial charge in [0.05, 0.1) is 6.10 Å². The average Bonchev–Trinajstić information content (AvgIpc) is 2.89. The largest absolute Gasteiger partial charge is 0.380 e. The number of hydrogen-bond donors (Lipinski definition) is 1. The number of nitrogens with zero attached hydrogens (tertiary/aromatic N) is 1. The molecule has 1 aliphatic rings. The molecule has 0 bridgehead atoms. The van der Waals surface area contributed by atoms with Crippen LogP contribution in [0.5, 0.6) is 0 Å². The first-order valence-corrected chi connectivity index (χ1v) is 6.81. The van der Waals surface area contributed by atoms with Gasteiger partial charge in [-0.25, -0.2) is 0 Å². The lowest BCUT2D eigenvalue weighted by Gasteiger charge is -2.21. The maximum atomic E-state index is 5.40. The second-order valence-electron chi connectivity index (χ2n) is 4.99. The number of hydrogen-bond acceptors (Lipinski definition) is 3. The van der Waals surface area contributed by atoms with Crippen molar-refractivity contribution in [1.82, 2.24) is 10.2 Å². The minimum absolute atomic E-state index is 0.440. The lowest BCUT2D eigenvalue weighted by Crippen LogP contribution is -2.27. The zero-order valence-electron chi connectivity index (χ0n) is 11.4. The summed E-state index contributed by atoms with van der Waals surface area (Å²) in [4.78, 5) is 2.50. The van der Waals surface area contributed by atoms with Crippen molar-refractivity contribution < 1.29 is 4.74 Å². The molecule has 1 aromatic carbocycles. The molecule has 2 atom stereocenters. The van der Waals surface area contributed by atoms with Gasteiger partial charge in [-0.15, -0.1) is 0 Å². The highest BCUT2D eigenvalue weighted by Gasteiger charge is 2.22. The molecule has 1 N–H and O–H groups in total. The van der Waals surface area contributed by atoms with E-state index in [0.717, 1.165) is 19.5 Å². The van der Waals surface area contributed by atoms with E-state index < -0.39 is 0 Å². The van der Waals surface area contributed by atoms with Crippen LogP contribution in [0.4, 0.5) is 0 Å². The van der Waals surface area contributed by atoms with Gasteiger partial charge in [-0.2, -0.15) is 0 Å². The van der Waals surface area contributed by atoms with Crippen molar-refractivity contribution in [2.75, 3.05) is 33.8 Å². The SMILES string of the molecule is CNC(CCN1CCC(OC)C1)c1ccccc1. The highest BCUT2D eigenvalue weighted by molar-refractivity contribution is 5.18. The van der Waals surface area contributed by atoms with E-state index >= 15 is 0 Å². The van der Waals surface area contributed by atoms with Crippen LogP contribution < -0.4 is 5.32 Å². The lowest BCUT2D eigenvalue weighted by molar-refractivity contribution is 0.107. The molecule has 2 rings (SSSR count). The minimum Gasteiger partial charge on any atom is -0.380 e. The summed E-state index contributed by atoms with van der Waals surface area (Å²) in [6, 6.07) is 11.1. The first-order chi connectivity index (χ1) is 8.83. The van der Waals surface area contributed by atoms with Crippen LogP contribution in [0.1, 0.15) is 24.4 Å². The molecule has 1 saturated heterocycles. The van der Waals surface area contributed by atoms with Crippen molar-refractivity contribution >= 4 is 0 Å². The van der Waals surface area contributed by atoms with E-state index in [1.165, 1.54) is 18.5 Å². The Morgan fingerprint density at radius 3 is 2.78 bits per heavy atom. The summed E-state index contributed by atoms with van der Waals surface area (Å²) in [6.07, 6.45) is 2.76. The van der Waals surface area contributed by atoms with Gasteiger partial charge in [0, 0.05) is 32.8 Å². The van der Waals surface area contributed by atoms with Crippen molar-refractivity contribution in [3.63, 3.8) is 0 Å². The second-order valence-corrected chi connectivity index (χ2v) is 4.99. The molecule has 2 unspecified atom stereocenters. The average molecular weight is 248 g/mol. The molecule has 18 heavy (non-hydrogen) atoms. The summed E-state index contributed by atoms with van der Waals surface area (Å²) >= 11 is 0. The van der Waals surface area contributed by atoms with Crippen molar-refractivity contribution in [2.24, 2.45) is 0 Å². The standard InChI is InChI=1S/C15H24N2O/c1-16-15(13-6-4-3-5-7-13)9-11-17-10-8-14(12-17)18-2/h3-7,14-16H,8-12H2,1-2H3. The van der Waals surface area contributed by atoms with E-state index in [-0.39, 0.29) is 0 Å². The number of rotatable bonds is 6. The van der Waals surface area contributed by atoms with Gasteiger partial charge in [0.2, 0.25) is 0 Å². The molecule has 1 aromatic rings. The maximum absolute atomic E-state index is 5.40. The zero-order chi connectivity index (χ0) is 12.8. The lowest BCUT2D eigenvalue weighted by atomic mass is 10.0. The predicted molar refractivity (Wildman–Crippen MR) is 74.7 cm³/mol. The summed E-state index contributed by atoms with van der Waals surface area (Å²) in [5, 5.41) is 3.41. The Morgan fingerprint density at radius 1 is 1.39 bits per heavy atom. The molecule has 1 aliphatic heterocycles. The number of ether oxygens (including phenoxy) is 1. The first-order valence-electron chi connectivity index (χ1n) is 6.81. The van der Waals surface area contributed by atoms with Gasteiger partial charge in [0.15, 0.2) is 0 Å². The van der Waals surface area contributed by atoms with Crippen molar-refractivity contribution in [3.05, 3.63) is 35.9 Å². The first kappa shape index (κ1) is 13.5.